The quantitative estimate of drug-likeness (QED) is 0.439. The SMILES string of the molecule is Cc1ccc(-c2nc3c(C)cccc3n2CCCc2ccccc2)cc1. The molecule has 1 aromatic heterocycles. The Kier molecular flexibility index (Phi) is 4.57. The van der Waals surface area contributed by atoms with Crippen LogP contribution in [-0.2, 0) is 13.0 Å². The fraction of sp³-hybridized carbons (Fsp3) is 0.208. The molecule has 2 heteroatoms. The standard InChI is InChI=1S/C24H24N2/c1-18-13-15-21(16-14-18)24-25-23-19(2)8-6-12-22(23)26(24)17-7-11-20-9-4-3-5-10-20/h3-6,8-10,12-16H,7,11,17H2,1-2H3. The van der Waals surface area contributed by atoms with E-state index in [1.165, 1.54) is 27.8 Å². The fourth-order valence-electron chi connectivity index (χ4n) is 3.52. The first-order valence-electron chi connectivity index (χ1n) is 9.29. The molecule has 0 N–H and O–H groups in total. The minimum atomic E-state index is 0.970. The Balaban J connectivity index is 1.70. The van der Waals surface area contributed by atoms with E-state index in [0.717, 1.165) is 30.7 Å². The van der Waals surface area contributed by atoms with Gasteiger partial charge in [0.15, 0.2) is 0 Å². The Morgan fingerprint density at radius 2 is 1.58 bits per heavy atom. The van der Waals surface area contributed by atoms with Crippen LogP contribution in [0.2, 0.25) is 0 Å². The van der Waals surface area contributed by atoms with Gasteiger partial charge in [-0.1, -0.05) is 72.3 Å². The zero-order chi connectivity index (χ0) is 17.9. The van der Waals surface area contributed by atoms with E-state index in [1.54, 1.807) is 0 Å². The molecule has 0 bridgehead atoms. The minimum absolute atomic E-state index is 0.970. The Hall–Kier alpha value is -2.87. The van der Waals surface area contributed by atoms with Crippen molar-refractivity contribution in [3.8, 4) is 11.4 Å². The Morgan fingerprint density at radius 3 is 2.35 bits per heavy atom. The van der Waals surface area contributed by atoms with Gasteiger partial charge < -0.3 is 4.57 Å². The van der Waals surface area contributed by atoms with Crippen molar-refractivity contribution < 1.29 is 0 Å². The molecule has 0 atom stereocenters. The number of fused-ring (bicyclic) bond motifs is 1. The third-order valence-electron chi connectivity index (χ3n) is 4.98. The lowest BCUT2D eigenvalue weighted by Gasteiger charge is -2.10. The molecule has 26 heavy (non-hydrogen) atoms. The van der Waals surface area contributed by atoms with Gasteiger partial charge in [0.1, 0.15) is 5.82 Å². The zero-order valence-corrected chi connectivity index (χ0v) is 15.4. The first-order chi connectivity index (χ1) is 12.7. The number of hydrogen-bond donors (Lipinski definition) is 0. The summed E-state index contributed by atoms with van der Waals surface area (Å²) in [5.74, 6) is 1.07. The van der Waals surface area contributed by atoms with Crippen LogP contribution in [0.5, 0.6) is 0 Å². The molecule has 0 spiro atoms. The highest BCUT2D eigenvalue weighted by Crippen LogP contribution is 2.27. The van der Waals surface area contributed by atoms with Crippen molar-refractivity contribution >= 4 is 11.0 Å². The van der Waals surface area contributed by atoms with Gasteiger partial charge in [-0.3, -0.25) is 0 Å². The second kappa shape index (κ2) is 7.17. The van der Waals surface area contributed by atoms with Gasteiger partial charge in [0, 0.05) is 12.1 Å². The van der Waals surface area contributed by atoms with Crippen LogP contribution < -0.4 is 0 Å². The second-order valence-corrected chi connectivity index (χ2v) is 6.98. The van der Waals surface area contributed by atoms with Crippen LogP contribution in [0.25, 0.3) is 22.4 Å². The lowest BCUT2D eigenvalue weighted by molar-refractivity contribution is 0.663. The van der Waals surface area contributed by atoms with Crippen LogP contribution in [0.15, 0.2) is 72.8 Å². The van der Waals surface area contributed by atoms with Crippen molar-refractivity contribution in [2.45, 2.75) is 33.2 Å². The summed E-state index contributed by atoms with van der Waals surface area (Å²) in [7, 11) is 0. The second-order valence-electron chi connectivity index (χ2n) is 6.98. The van der Waals surface area contributed by atoms with Gasteiger partial charge in [0.25, 0.3) is 0 Å². The predicted octanol–water partition coefficient (Wildman–Crippen LogP) is 5.95. The highest BCUT2D eigenvalue weighted by molar-refractivity contribution is 5.83. The van der Waals surface area contributed by atoms with Gasteiger partial charge in [0.2, 0.25) is 0 Å². The van der Waals surface area contributed by atoms with Crippen LogP contribution in [0.3, 0.4) is 0 Å². The van der Waals surface area contributed by atoms with Crippen molar-refractivity contribution in [2.75, 3.05) is 0 Å². The monoisotopic (exact) mass is 340 g/mol. The van der Waals surface area contributed by atoms with E-state index in [2.05, 4.69) is 91.2 Å². The Bertz CT molecular complexity index is 1010. The molecule has 2 nitrogen and oxygen atoms in total. The van der Waals surface area contributed by atoms with E-state index >= 15 is 0 Å². The van der Waals surface area contributed by atoms with Crippen molar-refractivity contribution in [3.05, 3.63) is 89.5 Å². The molecule has 4 rings (SSSR count). The number of hydrogen-bond acceptors (Lipinski definition) is 1. The van der Waals surface area contributed by atoms with Gasteiger partial charge in [-0.2, -0.15) is 0 Å². The molecule has 0 aliphatic heterocycles. The molecule has 0 aliphatic rings. The lowest BCUT2D eigenvalue weighted by atomic mass is 10.1. The smallest absolute Gasteiger partial charge is 0.141 e. The number of imidazole rings is 1. The average Bonchev–Trinajstić information content (AvgIpc) is 3.03. The maximum atomic E-state index is 5.00. The molecular weight excluding hydrogens is 316 g/mol. The van der Waals surface area contributed by atoms with Crippen molar-refractivity contribution in [2.24, 2.45) is 0 Å². The normalized spacial score (nSPS) is 11.2. The average molecular weight is 340 g/mol. The molecule has 1 heterocycles. The summed E-state index contributed by atoms with van der Waals surface area (Å²) in [5, 5.41) is 0. The summed E-state index contributed by atoms with van der Waals surface area (Å²) in [6, 6.07) is 25.9. The number of rotatable bonds is 5. The zero-order valence-electron chi connectivity index (χ0n) is 15.4. The largest absolute Gasteiger partial charge is 0.324 e. The molecule has 0 amide bonds. The number of benzene rings is 3. The van der Waals surface area contributed by atoms with Gasteiger partial charge in [-0.05, 0) is 43.9 Å². The van der Waals surface area contributed by atoms with Crippen LogP contribution >= 0.6 is 0 Å². The van der Waals surface area contributed by atoms with E-state index in [4.69, 9.17) is 4.98 Å². The Morgan fingerprint density at radius 1 is 0.808 bits per heavy atom. The van der Waals surface area contributed by atoms with Crippen LogP contribution in [0.4, 0.5) is 0 Å². The third-order valence-corrected chi connectivity index (χ3v) is 4.98. The number of aryl methyl sites for hydroxylation is 4. The van der Waals surface area contributed by atoms with Gasteiger partial charge in [-0.15, -0.1) is 0 Å². The fourth-order valence-corrected chi connectivity index (χ4v) is 3.52. The van der Waals surface area contributed by atoms with Gasteiger partial charge in [-0.25, -0.2) is 4.98 Å². The first-order valence-corrected chi connectivity index (χ1v) is 9.29. The van der Waals surface area contributed by atoms with Crippen molar-refractivity contribution in [3.63, 3.8) is 0 Å². The van der Waals surface area contributed by atoms with E-state index in [1.807, 2.05) is 0 Å². The summed E-state index contributed by atoms with van der Waals surface area (Å²) in [6.45, 7) is 5.23. The molecule has 130 valence electrons. The van der Waals surface area contributed by atoms with Gasteiger partial charge in [0.05, 0.1) is 11.0 Å². The summed E-state index contributed by atoms with van der Waals surface area (Å²) >= 11 is 0. The lowest BCUT2D eigenvalue weighted by Crippen LogP contribution is -2.02. The Labute approximate surface area is 155 Å². The summed E-state index contributed by atoms with van der Waals surface area (Å²) < 4.78 is 2.38. The predicted molar refractivity (Wildman–Crippen MR) is 109 cm³/mol. The maximum Gasteiger partial charge on any atom is 0.141 e. The molecule has 0 radical (unpaired) electrons. The first kappa shape index (κ1) is 16.6. The van der Waals surface area contributed by atoms with Crippen LogP contribution in [-0.4, -0.2) is 9.55 Å². The molecule has 0 unspecified atom stereocenters. The summed E-state index contributed by atoms with van der Waals surface area (Å²) in [5.41, 5.74) is 7.43. The third kappa shape index (κ3) is 3.28. The van der Waals surface area contributed by atoms with E-state index in [0.29, 0.717) is 0 Å². The molecule has 0 fully saturated rings. The molecule has 3 aromatic carbocycles. The van der Waals surface area contributed by atoms with Crippen molar-refractivity contribution in [1.29, 1.82) is 0 Å². The van der Waals surface area contributed by atoms with E-state index in [9.17, 15) is 0 Å². The van der Waals surface area contributed by atoms with Crippen LogP contribution in [0.1, 0.15) is 23.1 Å². The summed E-state index contributed by atoms with van der Waals surface area (Å²) in [6.07, 6.45) is 2.18. The number of aromatic nitrogens is 2. The molecule has 4 aromatic rings. The van der Waals surface area contributed by atoms with E-state index < -0.39 is 0 Å². The molecule has 0 saturated heterocycles. The van der Waals surface area contributed by atoms with Crippen molar-refractivity contribution in [1.82, 2.24) is 9.55 Å². The number of para-hydroxylation sites is 1. The topological polar surface area (TPSA) is 17.8 Å². The minimum Gasteiger partial charge on any atom is -0.324 e. The summed E-state index contributed by atoms with van der Waals surface area (Å²) in [4.78, 5) is 5.00. The highest BCUT2D eigenvalue weighted by Gasteiger charge is 2.13. The highest BCUT2D eigenvalue weighted by atomic mass is 15.1. The van der Waals surface area contributed by atoms with Gasteiger partial charge >= 0.3 is 0 Å². The maximum absolute atomic E-state index is 5.00. The molecule has 0 aliphatic carbocycles. The molecular formula is C24H24N2. The molecule has 0 saturated carbocycles. The van der Waals surface area contributed by atoms with Crippen LogP contribution in [0, 0.1) is 13.8 Å². The van der Waals surface area contributed by atoms with E-state index in [-0.39, 0.29) is 0 Å². The number of nitrogens with zero attached hydrogens (tertiary/aromatic N) is 2.